The number of hydrogen-bond acceptors (Lipinski definition) is 4. The molecule has 0 unspecified atom stereocenters. The fourth-order valence-corrected chi connectivity index (χ4v) is 0.854. The van der Waals surface area contributed by atoms with Crippen LogP contribution in [0.1, 0.15) is 5.56 Å². The molecule has 0 saturated carbocycles. The standard InChI is InChI=1S/C9H11NO3/c11-9(6-10-12)13-7-8-4-2-1-3-5-8/h1-5,10,12H,6-7H2. The minimum atomic E-state index is -0.480. The van der Waals surface area contributed by atoms with E-state index >= 15 is 0 Å². The number of esters is 1. The maximum Gasteiger partial charge on any atom is 0.322 e. The lowest BCUT2D eigenvalue weighted by molar-refractivity contribution is -0.145. The molecule has 0 heterocycles. The van der Waals surface area contributed by atoms with Gasteiger partial charge in [0.2, 0.25) is 0 Å². The van der Waals surface area contributed by atoms with Crippen LogP contribution in [-0.2, 0) is 16.1 Å². The molecule has 0 radical (unpaired) electrons. The van der Waals surface area contributed by atoms with Gasteiger partial charge in [-0.2, -0.15) is 5.48 Å². The van der Waals surface area contributed by atoms with Crippen LogP contribution < -0.4 is 5.48 Å². The van der Waals surface area contributed by atoms with Crippen LogP contribution in [0.2, 0.25) is 0 Å². The molecule has 0 aromatic heterocycles. The fraction of sp³-hybridized carbons (Fsp3) is 0.222. The molecule has 0 spiro atoms. The zero-order valence-corrected chi connectivity index (χ0v) is 7.06. The van der Waals surface area contributed by atoms with Crippen LogP contribution >= 0.6 is 0 Å². The molecule has 4 heteroatoms. The predicted octanol–water partition coefficient (Wildman–Crippen LogP) is 0.709. The molecule has 13 heavy (non-hydrogen) atoms. The van der Waals surface area contributed by atoms with Gasteiger partial charge in [0.05, 0.1) is 0 Å². The Kier molecular flexibility index (Phi) is 3.95. The molecule has 0 aliphatic rings. The maximum atomic E-state index is 10.8. The van der Waals surface area contributed by atoms with Crippen molar-refractivity contribution in [2.75, 3.05) is 6.54 Å². The summed E-state index contributed by atoms with van der Waals surface area (Å²) < 4.78 is 4.81. The van der Waals surface area contributed by atoms with Crippen molar-refractivity contribution in [3.05, 3.63) is 35.9 Å². The highest BCUT2D eigenvalue weighted by Crippen LogP contribution is 1.99. The molecule has 1 aromatic carbocycles. The molecular weight excluding hydrogens is 170 g/mol. The second-order valence-electron chi connectivity index (χ2n) is 2.48. The minimum Gasteiger partial charge on any atom is -0.460 e. The van der Waals surface area contributed by atoms with Crippen molar-refractivity contribution in [1.29, 1.82) is 0 Å². The van der Waals surface area contributed by atoms with E-state index in [1.165, 1.54) is 0 Å². The summed E-state index contributed by atoms with van der Waals surface area (Å²) in [5.74, 6) is -0.480. The normalized spacial score (nSPS) is 9.62. The summed E-state index contributed by atoms with van der Waals surface area (Å²) in [4.78, 5) is 10.8. The summed E-state index contributed by atoms with van der Waals surface area (Å²) >= 11 is 0. The van der Waals surface area contributed by atoms with Gasteiger partial charge in [0.1, 0.15) is 13.2 Å². The Morgan fingerprint density at radius 3 is 2.69 bits per heavy atom. The Balaban J connectivity index is 2.31. The summed E-state index contributed by atoms with van der Waals surface area (Å²) in [6, 6.07) is 9.35. The smallest absolute Gasteiger partial charge is 0.322 e. The number of benzene rings is 1. The van der Waals surface area contributed by atoms with Gasteiger partial charge in [-0.05, 0) is 5.56 Å². The van der Waals surface area contributed by atoms with Gasteiger partial charge in [-0.1, -0.05) is 30.3 Å². The molecule has 0 atom stereocenters. The molecule has 70 valence electrons. The van der Waals surface area contributed by atoms with Crippen LogP contribution in [0.15, 0.2) is 30.3 Å². The van der Waals surface area contributed by atoms with Gasteiger partial charge in [0.25, 0.3) is 0 Å². The zero-order chi connectivity index (χ0) is 9.52. The van der Waals surface area contributed by atoms with E-state index in [1.54, 1.807) is 5.48 Å². The van der Waals surface area contributed by atoms with Crippen LogP contribution in [0.25, 0.3) is 0 Å². The highest BCUT2D eigenvalue weighted by molar-refractivity contribution is 5.71. The summed E-state index contributed by atoms with van der Waals surface area (Å²) in [6.45, 7) is 0.0498. The lowest BCUT2D eigenvalue weighted by Gasteiger charge is -2.03. The lowest BCUT2D eigenvalue weighted by atomic mass is 10.2. The molecule has 1 aromatic rings. The second kappa shape index (κ2) is 5.29. The molecule has 1 rings (SSSR count). The van der Waals surface area contributed by atoms with Gasteiger partial charge in [0, 0.05) is 0 Å². The van der Waals surface area contributed by atoms with Crippen molar-refractivity contribution in [3.8, 4) is 0 Å². The van der Waals surface area contributed by atoms with Crippen LogP contribution in [0.3, 0.4) is 0 Å². The Hall–Kier alpha value is -1.39. The third-order valence-corrected chi connectivity index (χ3v) is 1.47. The molecule has 4 nitrogen and oxygen atoms in total. The van der Waals surface area contributed by atoms with Crippen LogP contribution in [-0.4, -0.2) is 17.7 Å². The average molecular weight is 181 g/mol. The van der Waals surface area contributed by atoms with E-state index in [0.717, 1.165) is 5.56 Å². The van der Waals surface area contributed by atoms with E-state index in [-0.39, 0.29) is 13.2 Å². The summed E-state index contributed by atoms with van der Waals surface area (Å²) in [6.07, 6.45) is 0. The summed E-state index contributed by atoms with van der Waals surface area (Å²) in [7, 11) is 0. The number of hydrogen-bond donors (Lipinski definition) is 2. The monoisotopic (exact) mass is 181 g/mol. The van der Waals surface area contributed by atoms with Gasteiger partial charge in [0.15, 0.2) is 0 Å². The van der Waals surface area contributed by atoms with E-state index in [2.05, 4.69) is 0 Å². The van der Waals surface area contributed by atoms with Gasteiger partial charge in [-0.15, -0.1) is 0 Å². The number of rotatable bonds is 4. The number of carbonyl (C=O) groups excluding carboxylic acids is 1. The minimum absolute atomic E-state index is 0.188. The van der Waals surface area contributed by atoms with Crippen molar-refractivity contribution in [1.82, 2.24) is 5.48 Å². The topological polar surface area (TPSA) is 58.6 Å². The predicted molar refractivity (Wildman–Crippen MR) is 46.0 cm³/mol. The molecule has 0 bridgehead atoms. The first kappa shape index (κ1) is 9.70. The van der Waals surface area contributed by atoms with Crippen molar-refractivity contribution in [3.63, 3.8) is 0 Å². The number of hydroxylamine groups is 1. The zero-order valence-electron chi connectivity index (χ0n) is 7.06. The van der Waals surface area contributed by atoms with Crippen molar-refractivity contribution in [2.45, 2.75) is 6.61 Å². The summed E-state index contributed by atoms with van der Waals surface area (Å²) in [5.41, 5.74) is 2.65. The number of nitrogens with one attached hydrogen (secondary N) is 1. The molecule has 0 amide bonds. The Morgan fingerprint density at radius 1 is 1.38 bits per heavy atom. The lowest BCUT2D eigenvalue weighted by Crippen LogP contribution is -2.21. The Bertz CT molecular complexity index is 261. The van der Waals surface area contributed by atoms with Crippen LogP contribution in [0.4, 0.5) is 0 Å². The average Bonchev–Trinajstić information content (AvgIpc) is 2.17. The Labute approximate surface area is 76.1 Å². The second-order valence-corrected chi connectivity index (χ2v) is 2.48. The molecule has 0 aliphatic carbocycles. The first-order valence-corrected chi connectivity index (χ1v) is 3.89. The molecule has 0 aliphatic heterocycles. The molecule has 2 N–H and O–H groups in total. The van der Waals surface area contributed by atoms with Crippen molar-refractivity contribution in [2.24, 2.45) is 0 Å². The Morgan fingerprint density at radius 2 is 2.08 bits per heavy atom. The number of carbonyl (C=O) groups is 1. The molecule has 0 saturated heterocycles. The third kappa shape index (κ3) is 3.68. The van der Waals surface area contributed by atoms with E-state index in [9.17, 15) is 4.79 Å². The largest absolute Gasteiger partial charge is 0.460 e. The first-order valence-electron chi connectivity index (χ1n) is 3.89. The fourth-order valence-electron chi connectivity index (χ4n) is 0.854. The van der Waals surface area contributed by atoms with Gasteiger partial charge < -0.3 is 9.94 Å². The highest BCUT2D eigenvalue weighted by Gasteiger charge is 2.00. The SMILES string of the molecule is O=C(CNO)OCc1ccccc1. The van der Waals surface area contributed by atoms with Crippen LogP contribution in [0, 0.1) is 0 Å². The van der Waals surface area contributed by atoms with Crippen LogP contribution in [0.5, 0.6) is 0 Å². The highest BCUT2D eigenvalue weighted by atomic mass is 16.5. The first-order chi connectivity index (χ1) is 6.33. The third-order valence-electron chi connectivity index (χ3n) is 1.47. The van der Waals surface area contributed by atoms with Crippen molar-refractivity contribution < 1.29 is 14.7 Å². The van der Waals surface area contributed by atoms with E-state index in [4.69, 9.17) is 9.94 Å². The summed E-state index contributed by atoms with van der Waals surface area (Å²) in [5, 5.41) is 8.18. The molecule has 0 fully saturated rings. The van der Waals surface area contributed by atoms with Gasteiger partial charge in [-0.25, -0.2) is 0 Å². The van der Waals surface area contributed by atoms with E-state index in [1.807, 2.05) is 30.3 Å². The van der Waals surface area contributed by atoms with Crippen molar-refractivity contribution >= 4 is 5.97 Å². The quantitative estimate of drug-likeness (QED) is 0.530. The maximum absolute atomic E-state index is 10.8. The number of ether oxygens (including phenoxy) is 1. The van der Waals surface area contributed by atoms with E-state index in [0.29, 0.717) is 0 Å². The van der Waals surface area contributed by atoms with Gasteiger partial charge >= 0.3 is 5.97 Å². The van der Waals surface area contributed by atoms with Gasteiger partial charge in [-0.3, -0.25) is 4.79 Å². The molecular formula is C9H11NO3. The van der Waals surface area contributed by atoms with E-state index < -0.39 is 5.97 Å².